The van der Waals surface area contributed by atoms with Crippen molar-refractivity contribution in [2.24, 2.45) is 0 Å². The molecule has 1 fully saturated rings. The third-order valence-electron chi connectivity index (χ3n) is 3.92. The zero-order valence-corrected chi connectivity index (χ0v) is 12.2. The molecule has 1 N–H and O–H groups in total. The van der Waals surface area contributed by atoms with Crippen molar-refractivity contribution in [3.05, 3.63) is 40.3 Å². The molecule has 0 aromatic carbocycles. The highest BCUT2D eigenvalue weighted by Gasteiger charge is 2.17. The molecule has 0 amide bonds. The molecule has 0 spiro atoms. The molecule has 0 radical (unpaired) electrons. The highest BCUT2D eigenvalue weighted by atomic mass is 32.1. The lowest BCUT2D eigenvalue weighted by Gasteiger charge is -2.11. The van der Waals surface area contributed by atoms with Gasteiger partial charge in [-0.3, -0.25) is 4.68 Å². The first-order valence-corrected chi connectivity index (χ1v) is 8.02. The second-order valence-electron chi connectivity index (χ2n) is 5.34. The minimum Gasteiger partial charge on any atom is -0.304 e. The van der Waals surface area contributed by atoms with Crippen LogP contribution in [0.3, 0.4) is 0 Å². The summed E-state index contributed by atoms with van der Waals surface area (Å²) in [7, 11) is 0. The van der Waals surface area contributed by atoms with Gasteiger partial charge in [-0.05, 0) is 37.3 Å². The van der Waals surface area contributed by atoms with E-state index in [4.69, 9.17) is 5.10 Å². The molecule has 3 nitrogen and oxygen atoms in total. The molecule has 0 aliphatic heterocycles. The Balaban J connectivity index is 1.55. The van der Waals surface area contributed by atoms with Gasteiger partial charge in [-0.25, -0.2) is 0 Å². The van der Waals surface area contributed by atoms with Crippen LogP contribution in [0.5, 0.6) is 0 Å². The predicted octanol–water partition coefficient (Wildman–Crippen LogP) is 3.91. The zero-order valence-electron chi connectivity index (χ0n) is 11.4. The third-order valence-corrected chi connectivity index (χ3v) is 4.98. The van der Waals surface area contributed by atoms with Crippen LogP contribution in [-0.4, -0.2) is 9.78 Å². The molecule has 3 rings (SSSR count). The van der Waals surface area contributed by atoms with Crippen LogP contribution >= 0.6 is 11.3 Å². The van der Waals surface area contributed by atoms with Crippen molar-refractivity contribution in [1.82, 2.24) is 15.1 Å². The molecule has 0 bridgehead atoms. The molecule has 2 aromatic heterocycles. The Hall–Kier alpha value is -1.13. The van der Waals surface area contributed by atoms with Crippen LogP contribution in [0.1, 0.15) is 55.3 Å². The van der Waals surface area contributed by atoms with Gasteiger partial charge >= 0.3 is 0 Å². The summed E-state index contributed by atoms with van der Waals surface area (Å²) in [6.45, 7) is 3.05. The number of hydrogen-bond donors (Lipinski definition) is 1. The maximum atomic E-state index is 4.70. The van der Waals surface area contributed by atoms with E-state index in [0.29, 0.717) is 12.1 Å². The van der Waals surface area contributed by atoms with Crippen LogP contribution in [0, 0.1) is 0 Å². The molecule has 4 heteroatoms. The van der Waals surface area contributed by atoms with Gasteiger partial charge in [0.25, 0.3) is 0 Å². The Bertz CT molecular complexity index is 497. The topological polar surface area (TPSA) is 29.9 Å². The van der Waals surface area contributed by atoms with Crippen LogP contribution in [0.2, 0.25) is 0 Å². The summed E-state index contributed by atoms with van der Waals surface area (Å²) in [6.07, 6.45) is 7.43. The van der Waals surface area contributed by atoms with E-state index < -0.39 is 0 Å². The van der Waals surface area contributed by atoms with Crippen LogP contribution in [0.15, 0.2) is 29.8 Å². The van der Waals surface area contributed by atoms with Crippen LogP contribution in [-0.2, 0) is 6.54 Å². The zero-order chi connectivity index (χ0) is 13.1. The maximum Gasteiger partial charge on any atom is 0.0762 e. The van der Waals surface area contributed by atoms with Crippen molar-refractivity contribution in [2.45, 2.75) is 51.2 Å². The second-order valence-corrected chi connectivity index (χ2v) is 6.32. The van der Waals surface area contributed by atoms with Gasteiger partial charge < -0.3 is 5.32 Å². The lowest BCUT2D eigenvalue weighted by Crippen LogP contribution is -2.18. The summed E-state index contributed by atoms with van der Waals surface area (Å²) < 4.78 is 2.17. The van der Waals surface area contributed by atoms with Gasteiger partial charge in [-0.15, -0.1) is 11.3 Å². The Labute approximate surface area is 118 Å². The van der Waals surface area contributed by atoms with Crippen LogP contribution < -0.4 is 5.32 Å². The Morgan fingerprint density at radius 3 is 3.00 bits per heavy atom. The molecule has 1 aliphatic rings. The summed E-state index contributed by atoms with van der Waals surface area (Å²) in [5, 5.41) is 10.4. The number of thiophene rings is 1. The first-order valence-electron chi connectivity index (χ1n) is 7.14. The minimum absolute atomic E-state index is 0.400. The number of nitrogens with zero attached hydrogens (tertiary/aromatic N) is 2. The standard InChI is InChI=1S/C15H21N3S/c1-12(15-7-4-10-19-15)16-11-13-8-9-18(17-13)14-5-2-3-6-14/h4,7-10,12,14,16H,2-3,5-6,11H2,1H3. The van der Waals surface area contributed by atoms with E-state index in [1.165, 1.54) is 30.6 Å². The van der Waals surface area contributed by atoms with Gasteiger partial charge in [0.05, 0.1) is 11.7 Å². The molecular weight excluding hydrogens is 254 g/mol. The van der Waals surface area contributed by atoms with Crippen molar-refractivity contribution in [1.29, 1.82) is 0 Å². The van der Waals surface area contributed by atoms with E-state index >= 15 is 0 Å². The van der Waals surface area contributed by atoms with Crippen molar-refractivity contribution >= 4 is 11.3 Å². The van der Waals surface area contributed by atoms with Crippen LogP contribution in [0.25, 0.3) is 0 Å². The highest BCUT2D eigenvalue weighted by Crippen LogP contribution is 2.28. The molecule has 0 saturated heterocycles. The van der Waals surface area contributed by atoms with Crippen molar-refractivity contribution < 1.29 is 0 Å². The monoisotopic (exact) mass is 275 g/mol. The quantitative estimate of drug-likeness (QED) is 0.896. The van der Waals surface area contributed by atoms with Crippen molar-refractivity contribution in [2.75, 3.05) is 0 Å². The van der Waals surface area contributed by atoms with E-state index in [2.05, 4.69) is 46.7 Å². The average molecular weight is 275 g/mol. The average Bonchev–Trinajstić information content (AvgIpc) is 3.14. The molecular formula is C15H21N3S. The predicted molar refractivity (Wildman–Crippen MR) is 79.3 cm³/mol. The van der Waals surface area contributed by atoms with Gasteiger partial charge in [0.1, 0.15) is 0 Å². The highest BCUT2D eigenvalue weighted by molar-refractivity contribution is 7.10. The van der Waals surface area contributed by atoms with Crippen LogP contribution in [0.4, 0.5) is 0 Å². The van der Waals surface area contributed by atoms with E-state index in [1.807, 2.05) is 0 Å². The number of hydrogen-bond acceptors (Lipinski definition) is 3. The lowest BCUT2D eigenvalue weighted by molar-refractivity contribution is 0.458. The third kappa shape index (κ3) is 3.07. The minimum atomic E-state index is 0.400. The first-order chi connectivity index (χ1) is 9.33. The Morgan fingerprint density at radius 2 is 2.26 bits per heavy atom. The van der Waals surface area contributed by atoms with E-state index in [9.17, 15) is 0 Å². The molecule has 19 heavy (non-hydrogen) atoms. The molecule has 1 unspecified atom stereocenters. The Kier molecular flexibility index (Phi) is 3.99. The number of aromatic nitrogens is 2. The lowest BCUT2D eigenvalue weighted by atomic mass is 10.2. The van der Waals surface area contributed by atoms with Gasteiger partial charge in [0, 0.05) is 23.7 Å². The fraction of sp³-hybridized carbons (Fsp3) is 0.533. The summed E-state index contributed by atoms with van der Waals surface area (Å²) in [5.41, 5.74) is 1.15. The second kappa shape index (κ2) is 5.88. The van der Waals surface area contributed by atoms with Crippen molar-refractivity contribution in [3.63, 3.8) is 0 Å². The maximum absolute atomic E-state index is 4.70. The molecule has 1 atom stereocenters. The van der Waals surface area contributed by atoms with Gasteiger partial charge in [0.2, 0.25) is 0 Å². The summed E-state index contributed by atoms with van der Waals surface area (Å²) >= 11 is 1.80. The molecule has 102 valence electrons. The molecule has 1 aliphatic carbocycles. The number of rotatable bonds is 5. The smallest absolute Gasteiger partial charge is 0.0762 e. The fourth-order valence-corrected chi connectivity index (χ4v) is 3.50. The van der Waals surface area contributed by atoms with Gasteiger partial charge in [0.15, 0.2) is 0 Å². The van der Waals surface area contributed by atoms with Crippen molar-refractivity contribution in [3.8, 4) is 0 Å². The van der Waals surface area contributed by atoms with E-state index in [-0.39, 0.29) is 0 Å². The summed E-state index contributed by atoms with van der Waals surface area (Å²) in [5.74, 6) is 0. The SMILES string of the molecule is CC(NCc1ccn(C2CCCC2)n1)c1cccs1. The Morgan fingerprint density at radius 1 is 1.42 bits per heavy atom. The van der Waals surface area contributed by atoms with Gasteiger partial charge in [-0.1, -0.05) is 18.9 Å². The fourth-order valence-electron chi connectivity index (χ4n) is 2.74. The molecule has 2 aromatic rings. The summed E-state index contributed by atoms with van der Waals surface area (Å²) in [4.78, 5) is 1.38. The van der Waals surface area contributed by atoms with E-state index in [1.54, 1.807) is 11.3 Å². The molecule has 2 heterocycles. The number of nitrogens with one attached hydrogen (secondary N) is 1. The van der Waals surface area contributed by atoms with Gasteiger partial charge in [-0.2, -0.15) is 5.10 Å². The normalized spacial score (nSPS) is 17.9. The van der Waals surface area contributed by atoms with E-state index in [0.717, 1.165) is 12.2 Å². The molecule has 1 saturated carbocycles. The largest absolute Gasteiger partial charge is 0.304 e. The first kappa shape index (κ1) is 12.9. The summed E-state index contributed by atoms with van der Waals surface area (Å²) in [6, 6.07) is 7.47.